The maximum Gasteiger partial charge on any atom is 0.297 e. The van der Waals surface area contributed by atoms with E-state index in [1.165, 1.54) is 5.01 Å². The molecule has 0 heterocycles. The first-order chi connectivity index (χ1) is 3.85. The number of hydrazine groups is 1. The van der Waals surface area contributed by atoms with E-state index in [0.29, 0.717) is 0 Å². The number of hydrogen-bond donors (Lipinski definition) is 1. The predicted octanol–water partition coefficient (Wildman–Crippen LogP) is 1.52. The van der Waals surface area contributed by atoms with Crippen molar-refractivity contribution in [3.63, 3.8) is 0 Å². The van der Waals surface area contributed by atoms with Crippen LogP contribution in [0, 0.1) is 0 Å². The molecule has 0 aromatic heterocycles. The van der Waals surface area contributed by atoms with Crippen LogP contribution in [0.1, 0.15) is 20.8 Å². The fourth-order valence-electron chi connectivity index (χ4n) is 0.264. The van der Waals surface area contributed by atoms with Gasteiger partial charge in [0.05, 0.1) is 5.54 Å². The summed E-state index contributed by atoms with van der Waals surface area (Å²) in [7, 11) is 0. The van der Waals surface area contributed by atoms with Gasteiger partial charge in [0.25, 0.3) is 3.91 Å². The zero-order valence-corrected chi connectivity index (χ0v) is 7.97. The molecule has 54 valence electrons. The van der Waals surface area contributed by atoms with Gasteiger partial charge in [-0.3, -0.25) is 9.80 Å². The fraction of sp³-hybridized carbons (Fsp3) is 0.800. The quantitative estimate of drug-likeness (QED) is 0.175. The highest BCUT2D eigenvalue weighted by Gasteiger charge is 2.20. The molecule has 0 aliphatic heterocycles. The summed E-state index contributed by atoms with van der Waals surface area (Å²) in [5.74, 6) is 5.37. The van der Waals surface area contributed by atoms with Crippen LogP contribution < -0.4 is 5.84 Å². The van der Waals surface area contributed by atoms with Crippen LogP contribution in [-0.2, 0) is 0 Å². The van der Waals surface area contributed by atoms with Crippen LogP contribution in [0.2, 0.25) is 0 Å². The molecular weight excluding hydrogens is 231 g/mol. The highest BCUT2D eigenvalue weighted by Crippen LogP contribution is 2.10. The van der Waals surface area contributed by atoms with Crippen molar-refractivity contribution in [3.8, 4) is 0 Å². The molecule has 9 heavy (non-hydrogen) atoms. The molecule has 0 aromatic rings. The van der Waals surface area contributed by atoms with E-state index in [-0.39, 0.29) is 9.45 Å². The Labute approximate surface area is 68.7 Å². The summed E-state index contributed by atoms with van der Waals surface area (Å²) in [5.41, 5.74) is -0.266. The average Bonchev–Trinajstić information content (AvgIpc) is 1.62. The van der Waals surface area contributed by atoms with E-state index < -0.39 is 0 Å². The number of carbonyl (C=O) groups is 1. The van der Waals surface area contributed by atoms with E-state index in [9.17, 15) is 4.79 Å². The maximum absolute atomic E-state index is 10.6. The molecule has 0 aromatic carbocycles. The van der Waals surface area contributed by atoms with Crippen LogP contribution in [0.4, 0.5) is 4.79 Å². The fourth-order valence-corrected chi connectivity index (χ4v) is 0.987. The zero-order valence-electron chi connectivity index (χ0n) is 5.81. The molecule has 4 heteroatoms. The Balaban J connectivity index is 4.04. The molecule has 0 saturated carbocycles. The molecular formula is C5H11IN2O. The van der Waals surface area contributed by atoms with Gasteiger partial charge in [-0.05, 0) is 20.8 Å². The highest BCUT2D eigenvalue weighted by atomic mass is 127. The Morgan fingerprint density at radius 2 is 1.89 bits per heavy atom. The Bertz CT molecular complexity index is 119. The van der Waals surface area contributed by atoms with Gasteiger partial charge in [0, 0.05) is 22.6 Å². The minimum absolute atomic E-state index is 0.139. The van der Waals surface area contributed by atoms with Gasteiger partial charge >= 0.3 is 0 Å². The standard InChI is InChI=1S/C5H11IN2O/c1-5(2,3)8(7)4(6)9/h7H2,1-3H3. The summed E-state index contributed by atoms with van der Waals surface area (Å²) in [4.78, 5) is 10.6. The monoisotopic (exact) mass is 242 g/mol. The molecule has 3 nitrogen and oxygen atoms in total. The number of nitrogens with zero attached hydrogens (tertiary/aromatic N) is 1. The second-order valence-corrected chi connectivity index (χ2v) is 3.72. The van der Waals surface area contributed by atoms with Gasteiger partial charge in [-0.15, -0.1) is 0 Å². The molecule has 0 rings (SSSR count). The number of rotatable bonds is 0. The molecule has 0 unspecified atom stereocenters. The van der Waals surface area contributed by atoms with E-state index in [1.54, 1.807) is 22.6 Å². The number of nitrogens with two attached hydrogens (primary N) is 1. The molecule has 0 spiro atoms. The van der Waals surface area contributed by atoms with Gasteiger partial charge in [0.1, 0.15) is 0 Å². The topological polar surface area (TPSA) is 46.3 Å². The van der Waals surface area contributed by atoms with Crippen molar-refractivity contribution in [2.24, 2.45) is 5.84 Å². The van der Waals surface area contributed by atoms with Crippen molar-refractivity contribution in [2.75, 3.05) is 0 Å². The molecule has 0 radical (unpaired) electrons. The lowest BCUT2D eigenvalue weighted by Crippen LogP contribution is -2.47. The van der Waals surface area contributed by atoms with Crippen LogP contribution in [-0.4, -0.2) is 14.5 Å². The van der Waals surface area contributed by atoms with E-state index in [0.717, 1.165) is 0 Å². The van der Waals surface area contributed by atoms with Crippen LogP contribution in [0.25, 0.3) is 0 Å². The first-order valence-electron chi connectivity index (χ1n) is 2.60. The summed E-state index contributed by atoms with van der Waals surface area (Å²) >= 11 is 1.66. The van der Waals surface area contributed by atoms with Gasteiger partial charge in [-0.25, -0.2) is 5.84 Å². The van der Waals surface area contributed by atoms with Crippen LogP contribution in [0.5, 0.6) is 0 Å². The van der Waals surface area contributed by atoms with Gasteiger partial charge in [-0.1, -0.05) is 0 Å². The van der Waals surface area contributed by atoms with Crippen LogP contribution in [0.3, 0.4) is 0 Å². The Kier molecular flexibility index (Phi) is 2.88. The van der Waals surface area contributed by atoms with E-state index >= 15 is 0 Å². The Hall–Kier alpha value is 0.160. The molecule has 0 aliphatic carbocycles. The zero-order chi connectivity index (χ0) is 7.65. The molecule has 0 saturated heterocycles. The molecule has 0 aliphatic rings. The average molecular weight is 242 g/mol. The Morgan fingerprint density at radius 1 is 1.56 bits per heavy atom. The minimum Gasteiger partial charge on any atom is -0.267 e. The van der Waals surface area contributed by atoms with E-state index in [1.807, 2.05) is 20.8 Å². The van der Waals surface area contributed by atoms with E-state index in [2.05, 4.69) is 0 Å². The summed E-state index contributed by atoms with van der Waals surface area (Å²) in [5, 5.41) is 1.20. The van der Waals surface area contributed by atoms with Gasteiger partial charge in [-0.2, -0.15) is 0 Å². The van der Waals surface area contributed by atoms with Crippen molar-refractivity contribution in [2.45, 2.75) is 26.3 Å². The summed E-state index contributed by atoms with van der Waals surface area (Å²) in [6, 6.07) is 0. The summed E-state index contributed by atoms with van der Waals surface area (Å²) in [6.45, 7) is 5.64. The largest absolute Gasteiger partial charge is 0.297 e. The third-order valence-electron chi connectivity index (χ3n) is 0.912. The first kappa shape index (κ1) is 9.16. The molecule has 0 atom stereocenters. The lowest BCUT2D eigenvalue weighted by atomic mass is 10.1. The second-order valence-electron chi connectivity index (χ2n) is 2.79. The highest BCUT2D eigenvalue weighted by molar-refractivity contribution is 14.1. The van der Waals surface area contributed by atoms with Crippen molar-refractivity contribution in [1.29, 1.82) is 0 Å². The molecule has 0 fully saturated rings. The van der Waals surface area contributed by atoms with Gasteiger partial charge < -0.3 is 0 Å². The van der Waals surface area contributed by atoms with Gasteiger partial charge in [0.15, 0.2) is 0 Å². The lowest BCUT2D eigenvalue weighted by molar-refractivity contribution is 0.172. The maximum atomic E-state index is 10.6. The first-order valence-corrected chi connectivity index (χ1v) is 3.68. The Morgan fingerprint density at radius 3 is 1.89 bits per heavy atom. The number of carbonyl (C=O) groups excluding carboxylic acids is 1. The van der Waals surface area contributed by atoms with Crippen molar-refractivity contribution < 1.29 is 4.79 Å². The molecule has 0 bridgehead atoms. The minimum atomic E-state index is -0.266. The number of halogens is 1. The van der Waals surface area contributed by atoms with Crippen molar-refractivity contribution >= 4 is 26.5 Å². The van der Waals surface area contributed by atoms with Crippen LogP contribution in [0.15, 0.2) is 0 Å². The summed E-state index contributed by atoms with van der Waals surface area (Å²) in [6.07, 6.45) is 0. The SMILES string of the molecule is CC(C)(C)N(N)C(=O)I. The van der Waals surface area contributed by atoms with Crippen molar-refractivity contribution in [3.05, 3.63) is 0 Å². The third kappa shape index (κ3) is 3.00. The molecule has 1 amide bonds. The smallest absolute Gasteiger partial charge is 0.267 e. The van der Waals surface area contributed by atoms with E-state index in [4.69, 9.17) is 5.84 Å². The predicted molar refractivity (Wildman–Crippen MR) is 45.2 cm³/mol. The second kappa shape index (κ2) is 2.83. The van der Waals surface area contributed by atoms with Crippen LogP contribution >= 0.6 is 22.6 Å². The van der Waals surface area contributed by atoms with Crippen molar-refractivity contribution in [1.82, 2.24) is 5.01 Å². The number of hydrogen-bond acceptors (Lipinski definition) is 2. The lowest BCUT2D eigenvalue weighted by Gasteiger charge is -2.28. The number of amides is 1. The summed E-state index contributed by atoms with van der Waals surface area (Å²) < 4.78 is -0.139. The molecule has 2 N–H and O–H groups in total. The third-order valence-corrected chi connectivity index (χ3v) is 1.43. The normalized spacial score (nSPS) is 11.2. The van der Waals surface area contributed by atoms with Gasteiger partial charge in [0.2, 0.25) is 0 Å².